The molecule has 0 rings (SSSR count). The summed E-state index contributed by atoms with van der Waals surface area (Å²) in [7, 11) is 0. The summed E-state index contributed by atoms with van der Waals surface area (Å²) in [6, 6.07) is 0. The van der Waals surface area contributed by atoms with Crippen LogP contribution in [0.3, 0.4) is 0 Å². The number of rotatable bonds is 10. The highest BCUT2D eigenvalue weighted by molar-refractivity contribution is 4.41. The number of hydrogen-bond donors (Lipinski definition) is 2. The van der Waals surface area contributed by atoms with Crippen LogP contribution in [0.25, 0.3) is 0 Å². The molecule has 0 fully saturated rings. The average molecular weight is 234 g/mol. The second kappa shape index (κ2) is 20.3. The molecule has 100 valence electrons. The van der Waals surface area contributed by atoms with Crippen LogP contribution in [0, 0.1) is 0 Å². The molecule has 0 amide bonds. The Morgan fingerprint density at radius 3 is 1.69 bits per heavy atom. The van der Waals surface area contributed by atoms with Gasteiger partial charge in [0.15, 0.2) is 0 Å². The highest BCUT2D eigenvalue weighted by atomic mass is 16.5. The van der Waals surface area contributed by atoms with Crippen molar-refractivity contribution in [1.82, 2.24) is 0 Å². The van der Waals surface area contributed by atoms with E-state index in [2.05, 4.69) is 13.8 Å². The van der Waals surface area contributed by atoms with Gasteiger partial charge in [-0.25, -0.2) is 0 Å². The Hall–Kier alpha value is -0.120. The van der Waals surface area contributed by atoms with Crippen molar-refractivity contribution in [2.24, 2.45) is 0 Å². The molecule has 16 heavy (non-hydrogen) atoms. The van der Waals surface area contributed by atoms with Gasteiger partial charge in [0.1, 0.15) is 0 Å². The molecule has 0 radical (unpaired) electrons. The molecule has 0 unspecified atom stereocenters. The summed E-state index contributed by atoms with van der Waals surface area (Å²) in [6.07, 6.45) is 9.16. The van der Waals surface area contributed by atoms with Gasteiger partial charge in [-0.2, -0.15) is 0 Å². The van der Waals surface area contributed by atoms with Crippen LogP contribution >= 0.6 is 0 Å². The van der Waals surface area contributed by atoms with Crippen molar-refractivity contribution in [3.63, 3.8) is 0 Å². The summed E-state index contributed by atoms with van der Waals surface area (Å²) < 4.78 is 5.45. The van der Waals surface area contributed by atoms with Crippen LogP contribution in [0.2, 0.25) is 0 Å². The van der Waals surface area contributed by atoms with E-state index in [9.17, 15) is 0 Å². The topological polar surface area (TPSA) is 49.7 Å². The van der Waals surface area contributed by atoms with Crippen molar-refractivity contribution >= 4 is 0 Å². The first-order valence-corrected chi connectivity index (χ1v) is 6.62. The van der Waals surface area contributed by atoms with Crippen molar-refractivity contribution in [1.29, 1.82) is 0 Å². The number of ether oxygens (including phenoxy) is 1. The number of unbranched alkanes of at least 4 members (excludes halogenated alkanes) is 5. The highest BCUT2D eigenvalue weighted by Gasteiger charge is 1.89. The Bertz CT molecular complexity index is 85.2. The van der Waals surface area contributed by atoms with Gasteiger partial charge in [-0.1, -0.05) is 46.0 Å². The van der Waals surface area contributed by atoms with Gasteiger partial charge in [-0.05, 0) is 12.8 Å². The number of hydrogen-bond acceptors (Lipinski definition) is 3. The van der Waals surface area contributed by atoms with Crippen LogP contribution in [-0.4, -0.2) is 36.6 Å². The van der Waals surface area contributed by atoms with Crippen LogP contribution in [0.5, 0.6) is 0 Å². The molecular formula is C13H30O3. The van der Waals surface area contributed by atoms with Crippen molar-refractivity contribution in [2.45, 2.75) is 58.8 Å². The average Bonchev–Trinajstić information content (AvgIpc) is 2.33. The first kappa shape index (κ1) is 18.3. The molecule has 3 nitrogen and oxygen atoms in total. The maximum atomic E-state index is 7.62. The van der Waals surface area contributed by atoms with E-state index in [1.54, 1.807) is 0 Å². The van der Waals surface area contributed by atoms with Crippen LogP contribution in [0.15, 0.2) is 0 Å². The maximum Gasteiger partial charge on any atom is 0.0662 e. The minimum absolute atomic E-state index is 0.125. The largest absolute Gasteiger partial charge is 0.394 e. The van der Waals surface area contributed by atoms with Crippen molar-refractivity contribution in [2.75, 3.05) is 26.4 Å². The quantitative estimate of drug-likeness (QED) is 0.571. The van der Waals surface area contributed by atoms with Gasteiger partial charge in [0, 0.05) is 13.2 Å². The summed E-state index contributed by atoms with van der Waals surface area (Å²) in [5.74, 6) is 0. The lowest BCUT2D eigenvalue weighted by atomic mass is 10.2. The van der Waals surface area contributed by atoms with Gasteiger partial charge >= 0.3 is 0 Å². The molecule has 0 atom stereocenters. The lowest BCUT2D eigenvalue weighted by Crippen LogP contribution is -1.96. The van der Waals surface area contributed by atoms with Crippen molar-refractivity contribution < 1.29 is 14.9 Å². The Kier molecular flexibility index (Phi) is 23.2. The number of aliphatic hydroxyl groups is 2. The van der Waals surface area contributed by atoms with E-state index in [4.69, 9.17) is 14.9 Å². The van der Waals surface area contributed by atoms with Crippen LogP contribution in [0.1, 0.15) is 58.8 Å². The summed E-state index contributed by atoms with van der Waals surface area (Å²) >= 11 is 0. The summed E-state index contributed by atoms with van der Waals surface area (Å²) in [6.45, 7) is 6.14. The molecule has 0 aromatic carbocycles. The molecule has 0 saturated heterocycles. The fourth-order valence-corrected chi connectivity index (χ4v) is 1.16. The molecule has 0 spiro atoms. The van der Waals surface area contributed by atoms with Crippen molar-refractivity contribution in [3.8, 4) is 0 Å². The smallest absolute Gasteiger partial charge is 0.0662 e. The van der Waals surface area contributed by atoms with Gasteiger partial charge in [0.05, 0.1) is 13.2 Å². The van der Waals surface area contributed by atoms with E-state index in [1.165, 1.54) is 44.9 Å². The van der Waals surface area contributed by atoms with E-state index < -0.39 is 0 Å². The molecule has 0 aromatic rings. The zero-order chi connectivity index (χ0) is 12.5. The molecule has 0 heterocycles. The standard InChI is InChI=1S/C11H24O.C2H6O2/c1-3-5-7-8-9-11-12-10-6-4-2;3-1-2-4/h3-11H2,1-2H3;3-4H,1-2H2. The minimum atomic E-state index is -0.125. The fourth-order valence-electron chi connectivity index (χ4n) is 1.16. The fraction of sp³-hybridized carbons (Fsp3) is 1.00. The molecule has 0 aromatic heterocycles. The molecule has 3 heteroatoms. The lowest BCUT2D eigenvalue weighted by molar-refractivity contribution is 0.127. The SMILES string of the molecule is CCCCCCCOCCCC.OCCO. The van der Waals surface area contributed by atoms with Gasteiger partial charge in [-0.3, -0.25) is 0 Å². The monoisotopic (exact) mass is 234 g/mol. The highest BCUT2D eigenvalue weighted by Crippen LogP contribution is 2.02. The molecule has 0 bridgehead atoms. The normalized spacial score (nSPS) is 9.75. The van der Waals surface area contributed by atoms with Crippen LogP contribution in [0.4, 0.5) is 0 Å². The Balaban J connectivity index is 0. The Labute approximate surface area is 101 Å². The first-order valence-electron chi connectivity index (χ1n) is 6.62. The van der Waals surface area contributed by atoms with Gasteiger partial charge in [0.2, 0.25) is 0 Å². The molecule has 0 aliphatic carbocycles. The van der Waals surface area contributed by atoms with Crippen LogP contribution < -0.4 is 0 Å². The Morgan fingerprint density at radius 2 is 1.19 bits per heavy atom. The second-order valence-corrected chi connectivity index (χ2v) is 3.83. The van der Waals surface area contributed by atoms with E-state index in [1.807, 2.05) is 0 Å². The predicted molar refractivity (Wildman–Crippen MR) is 68.7 cm³/mol. The van der Waals surface area contributed by atoms with E-state index in [-0.39, 0.29) is 13.2 Å². The van der Waals surface area contributed by atoms with Crippen molar-refractivity contribution in [3.05, 3.63) is 0 Å². The summed E-state index contributed by atoms with van der Waals surface area (Å²) in [5, 5.41) is 15.2. The predicted octanol–water partition coefficient (Wildman–Crippen LogP) is 2.74. The number of aliphatic hydroxyl groups excluding tert-OH is 2. The summed E-state index contributed by atoms with van der Waals surface area (Å²) in [5.41, 5.74) is 0. The molecule has 0 saturated carbocycles. The third kappa shape index (κ3) is 23.6. The van der Waals surface area contributed by atoms with Gasteiger partial charge < -0.3 is 14.9 Å². The zero-order valence-electron chi connectivity index (χ0n) is 11.1. The lowest BCUT2D eigenvalue weighted by Gasteiger charge is -2.02. The molecule has 0 aliphatic heterocycles. The van der Waals surface area contributed by atoms with E-state index >= 15 is 0 Å². The third-order valence-electron chi connectivity index (χ3n) is 2.13. The van der Waals surface area contributed by atoms with E-state index in [0.29, 0.717) is 0 Å². The van der Waals surface area contributed by atoms with Gasteiger partial charge in [-0.15, -0.1) is 0 Å². The minimum Gasteiger partial charge on any atom is -0.394 e. The molecular weight excluding hydrogens is 204 g/mol. The maximum absolute atomic E-state index is 7.62. The zero-order valence-corrected chi connectivity index (χ0v) is 11.1. The molecule has 2 N–H and O–H groups in total. The van der Waals surface area contributed by atoms with E-state index in [0.717, 1.165) is 13.2 Å². The Morgan fingerprint density at radius 1 is 0.688 bits per heavy atom. The second-order valence-electron chi connectivity index (χ2n) is 3.83. The van der Waals surface area contributed by atoms with Crippen LogP contribution in [-0.2, 0) is 4.74 Å². The first-order chi connectivity index (χ1) is 7.83. The molecule has 0 aliphatic rings. The van der Waals surface area contributed by atoms with Gasteiger partial charge in [0.25, 0.3) is 0 Å². The third-order valence-corrected chi connectivity index (χ3v) is 2.13. The summed E-state index contributed by atoms with van der Waals surface area (Å²) in [4.78, 5) is 0.